The topological polar surface area (TPSA) is 56.4 Å². The SMILES string of the molecule is CCCN1CCN(C(=O)c2cc(C3CC3)[nH]c(=O)c2)c2ccc(F)cc21. The first-order valence-corrected chi connectivity index (χ1v) is 9.17. The van der Waals surface area contributed by atoms with E-state index < -0.39 is 0 Å². The molecule has 0 atom stereocenters. The Kier molecular flexibility index (Phi) is 4.26. The summed E-state index contributed by atoms with van der Waals surface area (Å²) in [6.45, 7) is 4.05. The van der Waals surface area contributed by atoms with Crippen LogP contribution < -0.4 is 15.4 Å². The summed E-state index contributed by atoms with van der Waals surface area (Å²) in [5.74, 6) is -0.161. The van der Waals surface area contributed by atoms with Crippen molar-refractivity contribution in [3.05, 3.63) is 57.8 Å². The number of carbonyl (C=O) groups is 1. The van der Waals surface area contributed by atoms with Crippen molar-refractivity contribution in [3.63, 3.8) is 0 Å². The number of amides is 1. The number of hydrogen-bond donors (Lipinski definition) is 1. The van der Waals surface area contributed by atoms with Gasteiger partial charge in [0.2, 0.25) is 5.56 Å². The molecule has 0 bridgehead atoms. The van der Waals surface area contributed by atoms with Crippen molar-refractivity contribution in [1.29, 1.82) is 0 Å². The van der Waals surface area contributed by atoms with Gasteiger partial charge in [0, 0.05) is 37.0 Å². The minimum atomic E-state index is -0.314. The Labute approximate surface area is 151 Å². The molecule has 26 heavy (non-hydrogen) atoms. The number of pyridine rings is 1. The Morgan fingerprint density at radius 1 is 1.19 bits per heavy atom. The molecule has 1 aliphatic heterocycles. The minimum Gasteiger partial charge on any atom is -0.368 e. The molecule has 1 aromatic carbocycles. The van der Waals surface area contributed by atoms with Gasteiger partial charge in [0.1, 0.15) is 5.82 Å². The molecule has 6 heteroatoms. The molecule has 1 aromatic heterocycles. The fraction of sp³-hybridized carbons (Fsp3) is 0.400. The van der Waals surface area contributed by atoms with E-state index in [0.717, 1.165) is 37.2 Å². The van der Waals surface area contributed by atoms with Gasteiger partial charge in [-0.2, -0.15) is 0 Å². The van der Waals surface area contributed by atoms with Crippen LogP contribution in [0.5, 0.6) is 0 Å². The predicted octanol–water partition coefficient (Wildman–Crippen LogP) is 3.27. The van der Waals surface area contributed by atoms with E-state index in [0.29, 0.717) is 30.3 Å². The largest absolute Gasteiger partial charge is 0.368 e. The molecule has 0 radical (unpaired) electrons. The maximum absolute atomic E-state index is 13.8. The second-order valence-corrected chi connectivity index (χ2v) is 7.04. The first-order chi connectivity index (χ1) is 12.6. The predicted molar refractivity (Wildman–Crippen MR) is 99.6 cm³/mol. The summed E-state index contributed by atoms with van der Waals surface area (Å²) in [5, 5.41) is 0. The van der Waals surface area contributed by atoms with Gasteiger partial charge in [0.15, 0.2) is 0 Å². The number of nitrogens with zero attached hydrogens (tertiary/aromatic N) is 2. The summed E-state index contributed by atoms with van der Waals surface area (Å²) in [6.07, 6.45) is 3.04. The van der Waals surface area contributed by atoms with Crippen molar-refractivity contribution >= 4 is 17.3 Å². The zero-order valence-corrected chi connectivity index (χ0v) is 14.8. The molecule has 2 heterocycles. The molecular weight excluding hydrogens is 333 g/mol. The summed E-state index contributed by atoms with van der Waals surface area (Å²) in [5.41, 5.74) is 2.42. The van der Waals surface area contributed by atoms with Gasteiger partial charge in [-0.3, -0.25) is 9.59 Å². The highest BCUT2D eigenvalue weighted by Gasteiger charge is 2.30. The van der Waals surface area contributed by atoms with Crippen LogP contribution in [0.2, 0.25) is 0 Å². The van der Waals surface area contributed by atoms with Gasteiger partial charge in [-0.15, -0.1) is 0 Å². The Balaban J connectivity index is 1.71. The molecule has 0 spiro atoms. The lowest BCUT2D eigenvalue weighted by atomic mass is 10.1. The van der Waals surface area contributed by atoms with Crippen LogP contribution in [0.25, 0.3) is 0 Å². The van der Waals surface area contributed by atoms with Gasteiger partial charge in [0.25, 0.3) is 5.91 Å². The lowest BCUT2D eigenvalue weighted by molar-refractivity contribution is 0.0986. The van der Waals surface area contributed by atoms with E-state index in [-0.39, 0.29) is 17.3 Å². The number of aromatic nitrogens is 1. The zero-order chi connectivity index (χ0) is 18.3. The molecule has 0 saturated heterocycles. The zero-order valence-electron chi connectivity index (χ0n) is 14.8. The second-order valence-electron chi connectivity index (χ2n) is 7.04. The van der Waals surface area contributed by atoms with Gasteiger partial charge in [0.05, 0.1) is 11.4 Å². The normalized spacial score (nSPS) is 16.5. The standard InChI is InChI=1S/C20H22FN3O2/c1-2-7-23-8-9-24(17-6-5-15(21)12-18(17)23)20(26)14-10-16(13-3-4-13)22-19(25)11-14/h5-6,10-13H,2-4,7-9H2,1H3,(H,22,25). The Bertz CT molecular complexity index is 904. The van der Waals surface area contributed by atoms with Crippen molar-refractivity contribution in [2.45, 2.75) is 32.1 Å². The molecule has 1 saturated carbocycles. The highest BCUT2D eigenvalue weighted by Crippen LogP contribution is 2.39. The van der Waals surface area contributed by atoms with Crippen LogP contribution >= 0.6 is 0 Å². The molecule has 0 unspecified atom stereocenters. The highest BCUT2D eigenvalue weighted by atomic mass is 19.1. The number of H-pyrrole nitrogens is 1. The Morgan fingerprint density at radius 3 is 2.73 bits per heavy atom. The van der Waals surface area contributed by atoms with Crippen LogP contribution in [0, 0.1) is 5.82 Å². The fourth-order valence-electron chi connectivity index (χ4n) is 3.61. The first-order valence-electron chi connectivity index (χ1n) is 9.17. The smallest absolute Gasteiger partial charge is 0.258 e. The van der Waals surface area contributed by atoms with E-state index in [2.05, 4.69) is 16.8 Å². The lowest BCUT2D eigenvalue weighted by Gasteiger charge is -2.37. The van der Waals surface area contributed by atoms with E-state index in [1.165, 1.54) is 18.2 Å². The monoisotopic (exact) mass is 355 g/mol. The van der Waals surface area contributed by atoms with E-state index in [4.69, 9.17) is 0 Å². The Morgan fingerprint density at radius 2 is 2.00 bits per heavy atom. The summed E-state index contributed by atoms with van der Waals surface area (Å²) >= 11 is 0. The third-order valence-electron chi connectivity index (χ3n) is 5.03. The number of anilines is 2. The van der Waals surface area contributed by atoms with Gasteiger partial charge >= 0.3 is 0 Å². The molecule has 5 nitrogen and oxygen atoms in total. The van der Waals surface area contributed by atoms with Gasteiger partial charge in [-0.25, -0.2) is 4.39 Å². The number of hydrogen-bond acceptors (Lipinski definition) is 3. The third-order valence-corrected chi connectivity index (χ3v) is 5.03. The van der Waals surface area contributed by atoms with Crippen molar-refractivity contribution in [1.82, 2.24) is 4.98 Å². The van der Waals surface area contributed by atoms with E-state index >= 15 is 0 Å². The van der Waals surface area contributed by atoms with Crippen molar-refractivity contribution in [2.75, 3.05) is 29.4 Å². The summed E-state index contributed by atoms with van der Waals surface area (Å²) in [7, 11) is 0. The van der Waals surface area contributed by atoms with Crippen LogP contribution in [0.4, 0.5) is 15.8 Å². The second kappa shape index (κ2) is 6.59. The number of fused-ring (bicyclic) bond motifs is 1. The van der Waals surface area contributed by atoms with Crippen LogP contribution in [-0.2, 0) is 0 Å². The minimum absolute atomic E-state index is 0.206. The quantitative estimate of drug-likeness (QED) is 0.916. The molecule has 2 aromatic rings. The Hall–Kier alpha value is -2.63. The number of aromatic amines is 1. The van der Waals surface area contributed by atoms with Crippen LogP contribution in [-0.4, -0.2) is 30.5 Å². The van der Waals surface area contributed by atoms with E-state index in [1.807, 2.05) is 0 Å². The van der Waals surface area contributed by atoms with Crippen LogP contribution in [0.1, 0.15) is 48.2 Å². The maximum atomic E-state index is 13.8. The van der Waals surface area contributed by atoms with E-state index in [1.54, 1.807) is 17.0 Å². The molecule has 1 amide bonds. The maximum Gasteiger partial charge on any atom is 0.258 e. The van der Waals surface area contributed by atoms with Crippen LogP contribution in [0.15, 0.2) is 35.1 Å². The molecule has 1 N–H and O–H groups in total. The summed E-state index contributed by atoms with van der Waals surface area (Å²) in [4.78, 5) is 31.7. The van der Waals surface area contributed by atoms with Gasteiger partial charge < -0.3 is 14.8 Å². The molecule has 1 fully saturated rings. The molecular formula is C20H22FN3O2. The average molecular weight is 355 g/mol. The van der Waals surface area contributed by atoms with Crippen molar-refractivity contribution < 1.29 is 9.18 Å². The number of carbonyl (C=O) groups excluding carboxylic acids is 1. The van der Waals surface area contributed by atoms with Crippen LogP contribution in [0.3, 0.4) is 0 Å². The number of halogens is 1. The van der Waals surface area contributed by atoms with Crippen molar-refractivity contribution in [3.8, 4) is 0 Å². The number of benzene rings is 1. The summed E-state index contributed by atoms with van der Waals surface area (Å²) < 4.78 is 13.8. The number of nitrogens with one attached hydrogen (secondary N) is 1. The highest BCUT2D eigenvalue weighted by molar-refractivity contribution is 6.08. The fourth-order valence-corrected chi connectivity index (χ4v) is 3.61. The molecule has 1 aliphatic carbocycles. The van der Waals surface area contributed by atoms with Crippen molar-refractivity contribution in [2.24, 2.45) is 0 Å². The summed E-state index contributed by atoms with van der Waals surface area (Å²) in [6, 6.07) is 7.66. The average Bonchev–Trinajstić information content (AvgIpc) is 3.46. The van der Waals surface area contributed by atoms with E-state index in [9.17, 15) is 14.0 Å². The van der Waals surface area contributed by atoms with Gasteiger partial charge in [-0.05, 0) is 49.4 Å². The lowest BCUT2D eigenvalue weighted by Crippen LogP contribution is -2.44. The van der Waals surface area contributed by atoms with Gasteiger partial charge in [-0.1, -0.05) is 6.92 Å². The molecule has 4 rings (SSSR count). The molecule has 136 valence electrons. The first kappa shape index (κ1) is 16.8. The molecule has 2 aliphatic rings. The third kappa shape index (κ3) is 3.11. The number of rotatable bonds is 4.